The van der Waals surface area contributed by atoms with Gasteiger partial charge in [0.2, 0.25) is 17.7 Å². The summed E-state index contributed by atoms with van der Waals surface area (Å²) < 4.78 is 21.5. The molecule has 1 saturated carbocycles. The van der Waals surface area contributed by atoms with Gasteiger partial charge in [-0.2, -0.15) is 0 Å². The Morgan fingerprint density at radius 1 is 0.872 bits per heavy atom. The maximum atomic E-state index is 13.5. The van der Waals surface area contributed by atoms with Gasteiger partial charge in [-0.05, 0) is 32.2 Å². The molecule has 224 valence electrons. The summed E-state index contributed by atoms with van der Waals surface area (Å²) in [6.07, 6.45) is 7.24. The predicted molar refractivity (Wildman–Crippen MR) is 144 cm³/mol. The second-order valence-electron chi connectivity index (χ2n) is 9.94. The second-order valence-corrected chi connectivity index (χ2v) is 9.94. The van der Waals surface area contributed by atoms with E-state index in [9.17, 15) is 19.2 Å². The van der Waals surface area contributed by atoms with Crippen molar-refractivity contribution >= 4 is 24.0 Å². The number of ether oxygens (including phenoxy) is 4. The molecule has 2 aliphatic rings. The van der Waals surface area contributed by atoms with Gasteiger partial charge in [-0.3, -0.25) is 14.4 Å². The second kappa shape index (κ2) is 19.9. The molecule has 3 amide bonds. The van der Waals surface area contributed by atoms with E-state index in [0.29, 0.717) is 65.6 Å². The Hall–Kier alpha value is -2.12. The van der Waals surface area contributed by atoms with Crippen LogP contribution in [0, 0.1) is 5.92 Å². The first-order valence-corrected chi connectivity index (χ1v) is 14.2. The molecule has 1 aliphatic carbocycles. The number of hydrogen-bond acceptors (Lipinski definition) is 9. The zero-order chi connectivity index (χ0) is 28.3. The minimum atomic E-state index is -0.598. The number of carbonyl (C=O) groups is 4. The summed E-state index contributed by atoms with van der Waals surface area (Å²) in [5.74, 6) is -0.183. The third-order valence-corrected chi connectivity index (χ3v) is 7.17. The minimum absolute atomic E-state index is 0.0635. The van der Waals surface area contributed by atoms with Gasteiger partial charge in [0.1, 0.15) is 12.3 Å². The van der Waals surface area contributed by atoms with Crippen molar-refractivity contribution in [1.29, 1.82) is 0 Å². The topological polar surface area (TPSA) is 145 Å². The molecule has 3 N–H and O–H groups in total. The Balaban J connectivity index is 1.62. The zero-order valence-electron chi connectivity index (χ0n) is 23.6. The van der Waals surface area contributed by atoms with Crippen LogP contribution in [0.4, 0.5) is 0 Å². The summed E-state index contributed by atoms with van der Waals surface area (Å²) in [4.78, 5) is 50.3. The van der Waals surface area contributed by atoms with Crippen LogP contribution in [0.2, 0.25) is 0 Å². The first-order chi connectivity index (χ1) is 19.0. The van der Waals surface area contributed by atoms with Crippen LogP contribution in [0.25, 0.3) is 0 Å². The maximum absolute atomic E-state index is 13.5. The van der Waals surface area contributed by atoms with Crippen molar-refractivity contribution in [2.24, 2.45) is 5.92 Å². The third kappa shape index (κ3) is 12.3. The number of hydrogen-bond donors (Lipinski definition) is 3. The summed E-state index contributed by atoms with van der Waals surface area (Å²) >= 11 is 0. The number of nitrogens with zero attached hydrogens (tertiary/aromatic N) is 1. The molecule has 0 bridgehead atoms. The lowest BCUT2D eigenvalue weighted by atomic mass is 9.83. The van der Waals surface area contributed by atoms with E-state index in [1.54, 1.807) is 19.0 Å². The van der Waals surface area contributed by atoms with E-state index >= 15 is 0 Å². The van der Waals surface area contributed by atoms with Gasteiger partial charge in [0.05, 0.1) is 58.9 Å². The van der Waals surface area contributed by atoms with Gasteiger partial charge in [-0.15, -0.1) is 0 Å². The molecule has 1 saturated heterocycles. The van der Waals surface area contributed by atoms with E-state index < -0.39 is 6.04 Å². The highest BCUT2D eigenvalue weighted by molar-refractivity contribution is 5.91. The molecular formula is C27H48N4O8. The molecule has 2 rings (SSSR count). The van der Waals surface area contributed by atoms with E-state index in [2.05, 4.69) is 16.0 Å². The molecule has 0 radical (unpaired) electrons. The molecule has 0 aromatic heterocycles. The zero-order valence-corrected chi connectivity index (χ0v) is 23.6. The van der Waals surface area contributed by atoms with E-state index in [1.807, 2.05) is 0 Å². The van der Waals surface area contributed by atoms with Crippen molar-refractivity contribution in [2.45, 2.75) is 69.5 Å². The van der Waals surface area contributed by atoms with Crippen LogP contribution in [0.15, 0.2) is 0 Å². The van der Waals surface area contributed by atoms with Crippen LogP contribution in [0.5, 0.6) is 0 Å². The third-order valence-electron chi connectivity index (χ3n) is 7.17. The Labute approximate surface area is 232 Å². The maximum Gasteiger partial charge on any atom is 0.242 e. The normalized spacial score (nSPS) is 20.5. The predicted octanol–water partition coefficient (Wildman–Crippen LogP) is 0.0319. The Kier molecular flexibility index (Phi) is 16.9. The molecule has 3 atom stereocenters. The summed E-state index contributed by atoms with van der Waals surface area (Å²) in [6.45, 7) is 3.48. The van der Waals surface area contributed by atoms with E-state index in [-0.39, 0.29) is 48.8 Å². The molecule has 2 fully saturated rings. The summed E-state index contributed by atoms with van der Waals surface area (Å²) in [5.41, 5.74) is 0. The first-order valence-electron chi connectivity index (χ1n) is 14.2. The number of likely N-dealkylation sites (tertiary alicyclic amines) is 1. The summed E-state index contributed by atoms with van der Waals surface area (Å²) in [5, 5.41) is 8.82. The molecule has 0 aromatic rings. The van der Waals surface area contributed by atoms with Crippen molar-refractivity contribution in [2.75, 3.05) is 73.5 Å². The SMILES string of the molecule is CNC(=O)C1CC(NC(=O)CCOCCOCCOCCOCCC=O)CN1C(=O)C(NC)C1CCCCC1. The van der Waals surface area contributed by atoms with Crippen molar-refractivity contribution in [1.82, 2.24) is 20.9 Å². The number of rotatable bonds is 20. The average Bonchev–Trinajstić information content (AvgIpc) is 3.37. The van der Waals surface area contributed by atoms with Crippen molar-refractivity contribution in [3.63, 3.8) is 0 Å². The molecule has 3 unspecified atom stereocenters. The van der Waals surface area contributed by atoms with Crippen molar-refractivity contribution < 1.29 is 38.1 Å². The van der Waals surface area contributed by atoms with Gasteiger partial charge in [0.15, 0.2) is 0 Å². The fourth-order valence-corrected chi connectivity index (χ4v) is 5.16. The average molecular weight is 557 g/mol. The Morgan fingerprint density at radius 3 is 2.03 bits per heavy atom. The standard InChI is InChI=1S/C27H48N4O8/c1-28-25(21-7-4-3-5-8-21)27(35)31-20-22(19-23(31)26(34)29-2)30-24(33)9-12-37-14-16-39-18-17-38-15-13-36-11-6-10-32/h10,21-23,25,28H,3-9,11-20H2,1-2H3,(H,29,34)(H,30,33). The van der Waals surface area contributed by atoms with Crippen LogP contribution < -0.4 is 16.0 Å². The van der Waals surface area contributed by atoms with E-state index in [4.69, 9.17) is 18.9 Å². The molecule has 0 spiro atoms. The van der Waals surface area contributed by atoms with E-state index in [0.717, 1.165) is 32.0 Å². The monoisotopic (exact) mass is 556 g/mol. The lowest BCUT2D eigenvalue weighted by Crippen LogP contribution is -2.54. The highest BCUT2D eigenvalue weighted by Crippen LogP contribution is 2.29. The first kappa shape index (κ1) is 33.1. The van der Waals surface area contributed by atoms with Gasteiger partial charge in [-0.1, -0.05) is 19.3 Å². The van der Waals surface area contributed by atoms with Gasteiger partial charge in [0.25, 0.3) is 0 Å². The van der Waals surface area contributed by atoms with Crippen LogP contribution >= 0.6 is 0 Å². The number of amides is 3. The highest BCUT2D eigenvalue weighted by Gasteiger charge is 2.43. The molecular weight excluding hydrogens is 508 g/mol. The fraction of sp³-hybridized carbons (Fsp3) is 0.852. The highest BCUT2D eigenvalue weighted by atomic mass is 16.6. The largest absolute Gasteiger partial charge is 0.379 e. The lowest BCUT2D eigenvalue weighted by molar-refractivity contribution is -0.141. The number of carbonyl (C=O) groups excluding carboxylic acids is 4. The van der Waals surface area contributed by atoms with Gasteiger partial charge >= 0.3 is 0 Å². The molecule has 1 heterocycles. The van der Waals surface area contributed by atoms with Crippen molar-refractivity contribution in [3.05, 3.63) is 0 Å². The van der Waals surface area contributed by atoms with Gasteiger partial charge in [0, 0.05) is 32.5 Å². The van der Waals surface area contributed by atoms with Crippen LogP contribution in [0.1, 0.15) is 51.4 Å². The molecule has 0 aromatic carbocycles. The molecule has 12 heteroatoms. The van der Waals surface area contributed by atoms with Crippen molar-refractivity contribution in [3.8, 4) is 0 Å². The summed E-state index contributed by atoms with van der Waals surface area (Å²) in [7, 11) is 3.37. The number of nitrogens with one attached hydrogen (secondary N) is 3. The van der Waals surface area contributed by atoms with Crippen LogP contribution in [0.3, 0.4) is 0 Å². The van der Waals surface area contributed by atoms with Crippen LogP contribution in [-0.2, 0) is 38.1 Å². The number of aldehydes is 1. The lowest BCUT2D eigenvalue weighted by Gasteiger charge is -2.33. The number of likely N-dealkylation sites (N-methyl/N-ethyl adjacent to an activating group) is 2. The fourth-order valence-electron chi connectivity index (χ4n) is 5.16. The van der Waals surface area contributed by atoms with Crippen LogP contribution in [-0.4, -0.2) is 121 Å². The van der Waals surface area contributed by atoms with Gasteiger partial charge in [-0.25, -0.2) is 0 Å². The Morgan fingerprint density at radius 2 is 1.46 bits per heavy atom. The molecule has 39 heavy (non-hydrogen) atoms. The quantitative estimate of drug-likeness (QED) is 0.140. The molecule has 12 nitrogen and oxygen atoms in total. The minimum Gasteiger partial charge on any atom is -0.379 e. The Bertz CT molecular complexity index is 735. The smallest absolute Gasteiger partial charge is 0.242 e. The van der Waals surface area contributed by atoms with Gasteiger partial charge < -0.3 is 44.6 Å². The summed E-state index contributed by atoms with van der Waals surface area (Å²) in [6, 6.07) is -1.20. The van der Waals surface area contributed by atoms with E-state index in [1.165, 1.54) is 6.42 Å². The molecule has 1 aliphatic heterocycles.